The second-order valence-electron chi connectivity index (χ2n) is 4.57. The molecule has 0 amide bonds. The first-order valence-corrected chi connectivity index (χ1v) is 8.01. The summed E-state index contributed by atoms with van der Waals surface area (Å²) in [5.74, 6) is 0. The van der Waals surface area contributed by atoms with Crippen LogP contribution in [0.25, 0.3) is 0 Å². The Kier molecular flexibility index (Phi) is 4.83. The minimum atomic E-state index is 0.368. The average molecular weight is 414 g/mol. The fourth-order valence-corrected chi connectivity index (χ4v) is 3.74. The lowest BCUT2D eigenvalue weighted by molar-refractivity contribution is 1.34. The molecule has 3 N–H and O–H groups in total. The monoisotopic (exact) mass is 412 g/mol. The zero-order chi connectivity index (χ0) is 14.9. The van der Waals surface area contributed by atoms with E-state index in [4.69, 9.17) is 18.0 Å². The van der Waals surface area contributed by atoms with Crippen LogP contribution in [0.2, 0.25) is 0 Å². The standard InChI is InChI=1S/C15H14Br2N2S/c1-8-6-10(16)7-9(2)14(8)19-12-5-3-4-11(17)13(12)15(18)20/h3-7,19H,1-2H3,(H2,18,20). The number of thiocarbonyl (C=S) groups is 1. The van der Waals surface area contributed by atoms with Crippen molar-refractivity contribution in [2.75, 3.05) is 5.32 Å². The van der Waals surface area contributed by atoms with Crippen LogP contribution >= 0.6 is 44.1 Å². The van der Waals surface area contributed by atoms with Gasteiger partial charge in [-0.3, -0.25) is 0 Å². The predicted octanol–water partition coefficient (Wildman–Crippen LogP) is 5.21. The minimum Gasteiger partial charge on any atom is -0.389 e. The Hall–Kier alpha value is -0.910. The lowest BCUT2D eigenvalue weighted by Gasteiger charge is -2.17. The maximum atomic E-state index is 5.82. The fourth-order valence-electron chi connectivity index (χ4n) is 2.12. The van der Waals surface area contributed by atoms with Crippen molar-refractivity contribution in [1.82, 2.24) is 0 Å². The van der Waals surface area contributed by atoms with Crippen LogP contribution in [0.3, 0.4) is 0 Å². The van der Waals surface area contributed by atoms with Crippen LogP contribution in [0.5, 0.6) is 0 Å². The fraction of sp³-hybridized carbons (Fsp3) is 0.133. The quantitative estimate of drug-likeness (QED) is 0.678. The van der Waals surface area contributed by atoms with Crippen LogP contribution in [0.1, 0.15) is 16.7 Å². The van der Waals surface area contributed by atoms with E-state index >= 15 is 0 Å². The molecule has 0 bridgehead atoms. The van der Waals surface area contributed by atoms with Gasteiger partial charge in [-0.1, -0.05) is 34.2 Å². The largest absolute Gasteiger partial charge is 0.389 e. The Bertz CT molecular complexity index is 661. The molecule has 5 heteroatoms. The van der Waals surface area contributed by atoms with E-state index < -0.39 is 0 Å². The second-order valence-corrected chi connectivity index (χ2v) is 6.78. The molecule has 0 aliphatic heterocycles. The second kappa shape index (κ2) is 6.24. The normalized spacial score (nSPS) is 10.4. The highest BCUT2D eigenvalue weighted by molar-refractivity contribution is 9.10. The van der Waals surface area contributed by atoms with E-state index in [1.807, 2.05) is 18.2 Å². The highest BCUT2D eigenvalue weighted by atomic mass is 79.9. The third kappa shape index (κ3) is 3.22. The molecule has 0 aliphatic rings. The first-order chi connectivity index (χ1) is 9.40. The minimum absolute atomic E-state index is 0.368. The van der Waals surface area contributed by atoms with Gasteiger partial charge in [0.1, 0.15) is 4.99 Å². The first-order valence-electron chi connectivity index (χ1n) is 6.02. The van der Waals surface area contributed by atoms with Crippen LogP contribution < -0.4 is 11.1 Å². The van der Waals surface area contributed by atoms with Gasteiger partial charge in [-0.05, 0) is 65.2 Å². The number of benzene rings is 2. The van der Waals surface area contributed by atoms with E-state index in [-0.39, 0.29) is 0 Å². The molecule has 20 heavy (non-hydrogen) atoms. The third-order valence-corrected chi connectivity index (χ3v) is 4.34. The molecule has 0 fully saturated rings. The van der Waals surface area contributed by atoms with E-state index in [2.05, 4.69) is 63.2 Å². The van der Waals surface area contributed by atoms with Gasteiger partial charge in [0.25, 0.3) is 0 Å². The number of halogens is 2. The molecule has 0 atom stereocenters. The Labute approximate surface area is 141 Å². The molecule has 0 radical (unpaired) electrons. The smallest absolute Gasteiger partial charge is 0.107 e. The summed E-state index contributed by atoms with van der Waals surface area (Å²) in [5, 5.41) is 3.44. The predicted molar refractivity (Wildman–Crippen MR) is 96.9 cm³/mol. The van der Waals surface area contributed by atoms with Crippen LogP contribution in [0, 0.1) is 13.8 Å². The summed E-state index contributed by atoms with van der Waals surface area (Å²) < 4.78 is 1.96. The summed E-state index contributed by atoms with van der Waals surface area (Å²) in [4.78, 5) is 0.368. The Balaban J connectivity index is 2.51. The molecule has 0 aromatic heterocycles. The Morgan fingerprint density at radius 1 is 1.15 bits per heavy atom. The molecule has 0 spiro atoms. The number of aryl methyl sites for hydroxylation is 2. The van der Waals surface area contributed by atoms with Gasteiger partial charge in [0.2, 0.25) is 0 Å². The lowest BCUT2D eigenvalue weighted by Crippen LogP contribution is -2.13. The molecule has 0 saturated heterocycles. The molecular formula is C15H14Br2N2S. The van der Waals surface area contributed by atoms with Gasteiger partial charge in [-0.2, -0.15) is 0 Å². The molecule has 2 nitrogen and oxygen atoms in total. The van der Waals surface area contributed by atoms with E-state index in [1.165, 1.54) is 0 Å². The number of nitrogens with one attached hydrogen (secondary N) is 1. The van der Waals surface area contributed by atoms with Gasteiger partial charge in [0, 0.05) is 25.9 Å². The van der Waals surface area contributed by atoms with Crippen LogP contribution in [-0.4, -0.2) is 4.99 Å². The van der Waals surface area contributed by atoms with E-state index in [0.29, 0.717) is 4.99 Å². The number of rotatable bonds is 3. The number of nitrogens with two attached hydrogens (primary N) is 1. The molecule has 2 rings (SSSR count). The summed E-state index contributed by atoms with van der Waals surface area (Å²) in [7, 11) is 0. The molecule has 2 aromatic rings. The van der Waals surface area contributed by atoms with Gasteiger partial charge in [0.05, 0.1) is 0 Å². The lowest BCUT2D eigenvalue weighted by atomic mass is 10.1. The molecule has 0 aliphatic carbocycles. The zero-order valence-corrected chi connectivity index (χ0v) is 15.1. The maximum Gasteiger partial charge on any atom is 0.107 e. The average Bonchev–Trinajstić information content (AvgIpc) is 2.33. The molecule has 0 heterocycles. The van der Waals surface area contributed by atoms with Crippen LogP contribution in [-0.2, 0) is 0 Å². The van der Waals surface area contributed by atoms with E-state index in [9.17, 15) is 0 Å². The summed E-state index contributed by atoms with van der Waals surface area (Å²) in [6, 6.07) is 10.0. The first kappa shape index (κ1) is 15.5. The van der Waals surface area contributed by atoms with Crippen molar-refractivity contribution in [2.24, 2.45) is 5.73 Å². The van der Waals surface area contributed by atoms with Gasteiger partial charge >= 0.3 is 0 Å². The van der Waals surface area contributed by atoms with Crippen LogP contribution in [0.4, 0.5) is 11.4 Å². The number of hydrogen-bond acceptors (Lipinski definition) is 2. The van der Waals surface area contributed by atoms with Gasteiger partial charge in [-0.25, -0.2) is 0 Å². The van der Waals surface area contributed by atoms with Crippen molar-refractivity contribution < 1.29 is 0 Å². The van der Waals surface area contributed by atoms with Gasteiger partial charge < -0.3 is 11.1 Å². The van der Waals surface area contributed by atoms with Crippen molar-refractivity contribution in [1.29, 1.82) is 0 Å². The summed E-state index contributed by atoms with van der Waals surface area (Å²) in [6.45, 7) is 4.14. The zero-order valence-electron chi connectivity index (χ0n) is 11.1. The highest BCUT2D eigenvalue weighted by Gasteiger charge is 2.12. The summed E-state index contributed by atoms with van der Waals surface area (Å²) in [5.41, 5.74) is 10.9. The van der Waals surface area contributed by atoms with Gasteiger partial charge in [-0.15, -0.1) is 0 Å². The van der Waals surface area contributed by atoms with E-state index in [1.54, 1.807) is 0 Å². The highest BCUT2D eigenvalue weighted by Crippen LogP contribution is 2.32. The molecular weight excluding hydrogens is 400 g/mol. The third-order valence-electron chi connectivity index (χ3n) is 3.02. The van der Waals surface area contributed by atoms with Crippen molar-refractivity contribution in [3.8, 4) is 0 Å². The topological polar surface area (TPSA) is 38.0 Å². The maximum absolute atomic E-state index is 5.82. The Morgan fingerprint density at radius 2 is 1.75 bits per heavy atom. The van der Waals surface area contributed by atoms with Crippen molar-refractivity contribution in [2.45, 2.75) is 13.8 Å². The van der Waals surface area contributed by atoms with Crippen molar-refractivity contribution in [3.63, 3.8) is 0 Å². The van der Waals surface area contributed by atoms with Crippen molar-refractivity contribution >= 4 is 60.4 Å². The Morgan fingerprint density at radius 3 is 2.30 bits per heavy atom. The molecule has 0 unspecified atom stereocenters. The summed E-state index contributed by atoms with van der Waals surface area (Å²) in [6.07, 6.45) is 0. The molecule has 104 valence electrons. The molecule has 2 aromatic carbocycles. The number of hydrogen-bond donors (Lipinski definition) is 2. The van der Waals surface area contributed by atoms with E-state index in [0.717, 1.165) is 37.0 Å². The summed E-state index contributed by atoms with van der Waals surface area (Å²) >= 11 is 12.1. The number of anilines is 2. The van der Waals surface area contributed by atoms with Gasteiger partial charge in [0.15, 0.2) is 0 Å². The molecule has 0 saturated carbocycles. The van der Waals surface area contributed by atoms with Crippen molar-refractivity contribution in [3.05, 3.63) is 56.0 Å². The SMILES string of the molecule is Cc1cc(Br)cc(C)c1Nc1cccc(Br)c1C(N)=S. The van der Waals surface area contributed by atoms with Crippen LogP contribution in [0.15, 0.2) is 39.3 Å².